The van der Waals surface area contributed by atoms with Gasteiger partial charge in [0.1, 0.15) is 11.5 Å². The molecule has 0 bridgehead atoms. The molecule has 0 saturated carbocycles. The third-order valence-electron chi connectivity index (χ3n) is 6.00. The van der Waals surface area contributed by atoms with Crippen LogP contribution in [0.3, 0.4) is 0 Å². The minimum atomic E-state index is -0.930. The number of nitrogens with one attached hydrogen (secondary N) is 1. The lowest BCUT2D eigenvalue weighted by Gasteiger charge is -2.13. The lowest BCUT2D eigenvalue weighted by atomic mass is 10.1. The summed E-state index contributed by atoms with van der Waals surface area (Å²) in [5.41, 5.74) is 7.36. The molecule has 2 aromatic carbocycles. The van der Waals surface area contributed by atoms with E-state index >= 15 is 0 Å². The van der Waals surface area contributed by atoms with Gasteiger partial charge in [-0.25, -0.2) is 14.8 Å². The predicted octanol–water partition coefficient (Wildman–Crippen LogP) is 4.18. The number of carbonyl (C=O) groups is 4. The van der Waals surface area contributed by atoms with Crippen molar-refractivity contribution in [3.05, 3.63) is 94.5 Å². The molecule has 228 valence electrons. The van der Waals surface area contributed by atoms with Crippen molar-refractivity contribution < 1.29 is 29.4 Å². The largest absolute Gasteiger partial charge is 0.505 e. The highest BCUT2D eigenvalue weighted by atomic mass is 35.5. The van der Waals surface area contributed by atoms with Crippen LogP contribution in [-0.4, -0.2) is 81.4 Å². The van der Waals surface area contributed by atoms with Crippen molar-refractivity contribution in [3.63, 3.8) is 0 Å². The number of hydrogen-bond donors (Lipinski definition) is 4. The number of hydrogen-bond acceptors (Lipinski definition) is 8. The summed E-state index contributed by atoms with van der Waals surface area (Å²) in [6.07, 6.45) is 2.88. The van der Waals surface area contributed by atoms with E-state index in [4.69, 9.17) is 28.9 Å². The number of pyridine rings is 2. The molecule has 0 aliphatic carbocycles. The number of primary amides is 1. The summed E-state index contributed by atoms with van der Waals surface area (Å²) in [4.78, 5) is 56.2. The molecule has 12 nitrogen and oxygen atoms in total. The summed E-state index contributed by atoms with van der Waals surface area (Å²) >= 11 is 11.8. The highest BCUT2D eigenvalue weighted by Crippen LogP contribution is 2.28. The molecule has 2 aromatic heterocycles. The SMILES string of the molecule is CN(C(N)=O)C(=O)c1ncc(-c2cccc(Cl)c2)cc1O.CN(C)C(=O)CNC(=O)c1ncc(-c2cccc(Cl)c2)cc1O. The van der Waals surface area contributed by atoms with Gasteiger partial charge in [0.25, 0.3) is 11.8 Å². The number of carbonyl (C=O) groups excluding carboxylic acids is 4. The van der Waals surface area contributed by atoms with Crippen molar-refractivity contribution in [3.8, 4) is 33.8 Å². The number of rotatable bonds is 6. The van der Waals surface area contributed by atoms with Crippen LogP contribution < -0.4 is 11.1 Å². The normalized spacial score (nSPS) is 10.2. The third kappa shape index (κ3) is 8.66. The molecular weight excluding hydrogens is 611 g/mol. The van der Waals surface area contributed by atoms with E-state index in [1.165, 1.54) is 36.5 Å². The maximum absolute atomic E-state index is 12.0. The number of aromatic nitrogens is 2. The van der Waals surface area contributed by atoms with Crippen molar-refractivity contribution in [1.29, 1.82) is 0 Å². The van der Waals surface area contributed by atoms with Crippen LogP contribution in [0.4, 0.5) is 4.79 Å². The van der Waals surface area contributed by atoms with Gasteiger partial charge in [-0.05, 0) is 47.5 Å². The number of imide groups is 1. The Morgan fingerprint density at radius 3 is 1.66 bits per heavy atom. The van der Waals surface area contributed by atoms with Gasteiger partial charge in [-0.2, -0.15) is 0 Å². The van der Waals surface area contributed by atoms with E-state index in [0.717, 1.165) is 11.1 Å². The van der Waals surface area contributed by atoms with Crippen molar-refractivity contribution in [2.75, 3.05) is 27.7 Å². The number of aromatic hydroxyl groups is 2. The van der Waals surface area contributed by atoms with Crippen LogP contribution >= 0.6 is 23.2 Å². The minimum absolute atomic E-state index is 0.137. The van der Waals surface area contributed by atoms with Gasteiger partial charge in [0.2, 0.25) is 5.91 Å². The summed E-state index contributed by atoms with van der Waals surface area (Å²) in [6.45, 7) is -0.164. The molecule has 5 N–H and O–H groups in total. The van der Waals surface area contributed by atoms with Crippen LogP contribution in [0.5, 0.6) is 11.5 Å². The first-order valence-corrected chi connectivity index (χ1v) is 13.5. The Balaban J connectivity index is 0.000000241. The summed E-state index contributed by atoms with van der Waals surface area (Å²) in [6, 6.07) is 15.9. The van der Waals surface area contributed by atoms with Gasteiger partial charge in [0.15, 0.2) is 11.4 Å². The van der Waals surface area contributed by atoms with E-state index in [2.05, 4.69) is 15.3 Å². The summed E-state index contributed by atoms with van der Waals surface area (Å²) < 4.78 is 0. The summed E-state index contributed by atoms with van der Waals surface area (Å²) in [5, 5.41) is 23.5. The number of benzene rings is 2. The van der Waals surface area contributed by atoms with E-state index < -0.39 is 17.8 Å². The van der Waals surface area contributed by atoms with E-state index in [1.54, 1.807) is 56.6 Å². The maximum atomic E-state index is 12.0. The topological polar surface area (TPSA) is 179 Å². The number of halogens is 2. The van der Waals surface area contributed by atoms with Crippen LogP contribution in [0, 0.1) is 0 Å². The average molecular weight is 639 g/mol. The Morgan fingerprint density at radius 1 is 0.773 bits per heavy atom. The Labute approximate surface area is 262 Å². The molecule has 0 spiro atoms. The molecule has 4 rings (SSSR count). The monoisotopic (exact) mass is 638 g/mol. The minimum Gasteiger partial charge on any atom is -0.505 e. The highest BCUT2D eigenvalue weighted by Gasteiger charge is 2.21. The molecule has 0 atom stereocenters. The zero-order chi connectivity index (χ0) is 32.6. The summed E-state index contributed by atoms with van der Waals surface area (Å²) in [5.74, 6) is -2.26. The van der Waals surface area contributed by atoms with Crippen LogP contribution in [0.1, 0.15) is 21.0 Å². The molecule has 14 heteroatoms. The molecular formula is C30H28Cl2N6O6. The highest BCUT2D eigenvalue weighted by molar-refractivity contribution is 6.31. The van der Waals surface area contributed by atoms with Crippen LogP contribution in [0.2, 0.25) is 10.0 Å². The molecule has 0 aliphatic heterocycles. The summed E-state index contributed by atoms with van der Waals surface area (Å²) in [7, 11) is 4.38. The van der Waals surface area contributed by atoms with Crippen LogP contribution in [-0.2, 0) is 4.79 Å². The smallest absolute Gasteiger partial charge is 0.321 e. The van der Waals surface area contributed by atoms with Crippen LogP contribution in [0.25, 0.3) is 22.3 Å². The molecule has 2 heterocycles. The number of nitrogens with two attached hydrogens (primary N) is 1. The molecule has 0 radical (unpaired) electrons. The second kappa shape index (κ2) is 14.8. The van der Waals surface area contributed by atoms with Gasteiger partial charge in [-0.1, -0.05) is 47.5 Å². The quantitative estimate of drug-likeness (QED) is 0.243. The fourth-order valence-corrected chi connectivity index (χ4v) is 3.94. The lowest BCUT2D eigenvalue weighted by molar-refractivity contribution is -0.127. The molecule has 4 aromatic rings. The Bertz CT molecular complexity index is 1720. The molecule has 0 aliphatic rings. The van der Waals surface area contributed by atoms with Crippen molar-refractivity contribution in [1.82, 2.24) is 25.1 Å². The van der Waals surface area contributed by atoms with Crippen molar-refractivity contribution >= 4 is 47.0 Å². The molecule has 0 saturated heterocycles. The zero-order valence-corrected chi connectivity index (χ0v) is 25.3. The fourth-order valence-electron chi connectivity index (χ4n) is 3.55. The Kier molecular flexibility index (Phi) is 11.2. The predicted molar refractivity (Wildman–Crippen MR) is 165 cm³/mol. The van der Waals surface area contributed by atoms with Gasteiger partial charge in [0, 0.05) is 54.7 Å². The molecule has 44 heavy (non-hydrogen) atoms. The maximum Gasteiger partial charge on any atom is 0.321 e. The zero-order valence-electron chi connectivity index (χ0n) is 23.8. The first-order chi connectivity index (χ1) is 20.8. The standard InChI is InChI=1S/C16H16ClN3O3.C14H12ClN3O3/c1-20(2)14(22)9-19-16(23)15-13(21)7-11(8-18-15)10-4-3-5-12(17)6-10;1-18(14(16)21)13(20)12-11(19)6-9(7-17-12)8-3-2-4-10(15)5-8/h3-8,21H,9H2,1-2H3,(H,19,23);2-7,19H,1H3,(H2,16,21). The first-order valence-electron chi connectivity index (χ1n) is 12.7. The average Bonchev–Trinajstić information content (AvgIpc) is 2.99. The van der Waals surface area contributed by atoms with Gasteiger partial charge < -0.3 is 26.2 Å². The van der Waals surface area contributed by atoms with Gasteiger partial charge in [0.05, 0.1) is 6.54 Å². The second-order valence-electron chi connectivity index (χ2n) is 9.38. The fraction of sp³-hybridized carbons (Fsp3) is 0.133. The lowest BCUT2D eigenvalue weighted by Crippen LogP contribution is -2.37. The Morgan fingerprint density at radius 2 is 1.25 bits per heavy atom. The van der Waals surface area contributed by atoms with E-state index in [1.807, 2.05) is 6.07 Å². The van der Waals surface area contributed by atoms with E-state index in [9.17, 15) is 29.4 Å². The van der Waals surface area contributed by atoms with E-state index in [-0.39, 0.29) is 35.3 Å². The van der Waals surface area contributed by atoms with Gasteiger partial charge >= 0.3 is 6.03 Å². The van der Waals surface area contributed by atoms with Crippen LogP contribution in [0.15, 0.2) is 73.1 Å². The molecule has 0 fully saturated rings. The molecule has 5 amide bonds. The van der Waals surface area contributed by atoms with Gasteiger partial charge in [-0.3, -0.25) is 19.3 Å². The first kappa shape index (κ1) is 33.3. The number of amides is 5. The Hall–Kier alpha value is -5.20. The number of likely N-dealkylation sites (N-methyl/N-ethyl adjacent to an activating group) is 1. The number of nitrogens with zero attached hydrogens (tertiary/aromatic N) is 4. The van der Waals surface area contributed by atoms with Crippen molar-refractivity contribution in [2.24, 2.45) is 5.73 Å². The third-order valence-corrected chi connectivity index (χ3v) is 6.47. The second-order valence-corrected chi connectivity index (χ2v) is 10.3. The molecule has 0 unspecified atom stereocenters. The van der Waals surface area contributed by atoms with E-state index in [0.29, 0.717) is 26.1 Å². The van der Waals surface area contributed by atoms with Gasteiger partial charge in [-0.15, -0.1) is 0 Å². The van der Waals surface area contributed by atoms with Crippen molar-refractivity contribution in [2.45, 2.75) is 0 Å². The number of urea groups is 1.